The summed E-state index contributed by atoms with van der Waals surface area (Å²) in [6, 6.07) is 21.7. The molecule has 0 bridgehead atoms. The largest absolute Gasteiger partial charge is 0.494 e. The SMILES string of the molecule is CCOc1cccc(CNC(=O)CN(c2ccccc2)S(=O)(=O)c2ccc(Cl)cc2)c1. The van der Waals surface area contributed by atoms with Crippen molar-refractivity contribution in [2.45, 2.75) is 18.4 Å². The number of rotatable bonds is 9. The van der Waals surface area contributed by atoms with Gasteiger partial charge in [-0.25, -0.2) is 8.42 Å². The molecule has 3 aromatic carbocycles. The van der Waals surface area contributed by atoms with Gasteiger partial charge < -0.3 is 10.1 Å². The number of nitrogens with zero attached hydrogens (tertiary/aromatic N) is 1. The average Bonchev–Trinajstić information content (AvgIpc) is 2.77. The molecule has 0 saturated carbocycles. The van der Waals surface area contributed by atoms with E-state index in [9.17, 15) is 13.2 Å². The summed E-state index contributed by atoms with van der Waals surface area (Å²) < 4.78 is 33.1. The Labute approximate surface area is 187 Å². The molecule has 0 saturated heterocycles. The van der Waals surface area contributed by atoms with E-state index in [1.165, 1.54) is 24.3 Å². The normalized spacial score (nSPS) is 11.0. The highest BCUT2D eigenvalue weighted by Gasteiger charge is 2.27. The molecule has 0 spiro atoms. The molecule has 31 heavy (non-hydrogen) atoms. The molecule has 1 N–H and O–H groups in total. The van der Waals surface area contributed by atoms with E-state index >= 15 is 0 Å². The van der Waals surface area contributed by atoms with Crippen LogP contribution in [0, 0.1) is 0 Å². The molecule has 0 aromatic heterocycles. The van der Waals surface area contributed by atoms with Crippen molar-refractivity contribution in [2.24, 2.45) is 0 Å². The summed E-state index contributed by atoms with van der Waals surface area (Å²) in [7, 11) is -3.97. The summed E-state index contributed by atoms with van der Waals surface area (Å²) in [5.41, 5.74) is 1.25. The number of para-hydroxylation sites is 1. The van der Waals surface area contributed by atoms with Crippen LogP contribution in [0.25, 0.3) is 0 Å². The predicted octanol–water partition coefficient (Wildman–Crippen LogP) is 4.25. The molecule has 0 heterocycles. The lowest BCUT2D eigenvalue weighted by molar-refractivity contribution is -0.119. The fraction of sp³-hybridized carbons (Fsp3) is 0.174. The minimum absolute atomic E-state index is 0.0537. The Morgan fingerprint density at radius 2 is 1.71 bits per heavy atom. The fourth-order valence-electron chi connectivity index (χ4n) is 2.94. The number of amides is 1. The summed E-state index contributed by atoms with van der Waals surface area (Å²) in [6.45, 7) is 2.33. The zero-order valence-corrected chi connectivity index (χ0v) is 18.6. The van der Waals surface area contributed by atoms with Gasteiger partial charge in [0.1, 0.15) is 12.3 Å². The average molecular weight is 459 g/mol. The van der Waals surface area contributed by atoms with Crippen LogP contribution in [-0.2, 0) is 21.4 Å². The summed E-state index contributed by atoms with van der Waals surface area (Å²) in [4.78, 5) is 12.7. The minimum Gasteiger partial charge on any atom is -0.494 e. The maximum Gasteiger partial charge on any atom is 0.264 e. The molecule has 0 atom stereocenters. The number of carbonyl (C=O) groups is 1. The van der Waals surface area contributed by atoms with Gasteiger partial charge in [-0.05, 0) is 61.0 Å². The first kappa shape index (κ1) is 22.7. The standard InChI is InChI=1S/C23H23ClN2O4S/c1-2-30-21-10-6-7-18(15-21)16-25-23(27)17-26(20-8-4-3-5-9-20)31(28,29)22-13-11-19(24)12-14-22/h3-15H,2,16-17H2,1H3,(H,25,27). The van der Waals surface area contributed by atoms with Crippen molar-refractivity contribution in [1.82, 2.24) is 5.32 Å². The number of hydrogen-bond donors (Lipinski definition) is 1. The highest BCUT2D eigenvalue weighted by Crippen LogP contribution is 2.24. The van der Waals surface area contributed by atoms with Gasteiger partial charge in [-0.15, -0.1) is 0 Å². The lowest BCUT2D eigenvalue weighted by Gasteiger charge is -2.24. The number of anilines is 1. The molecule has 0 aliphatic rings. The number of sulfonamides is 1. The number of hydrogen-bond acceptors (Lipinski definition) is 4. The maximum absolute atomic E-state index is 13.3. The van der Waals surface area contributed by atoms with Crippen molar-refractivity contribution in [3.63, 3.8) is 0 Å². The molecule has 3 rings (SSSR count). The Bertz CT molecular complexity index is 1120. The Kier molecular flexibility index (Phi) is 7.55. The van der Waals surface area contributed by atoms with Crippen LogP contribution in [0.1, 0.15) is 12.5 Å². The first-order valence-electron chi connectivity index (χ1n) is 9.72. The first-order valence-corrected chi connectivity index (χ1v) is 11.5. The van der Waals surface area contributed by atoms with E-state index in [1.807, 2.05) is 31.2 Å². The van der Waals surface area contributed by atoms with Gasteiger partial charge in [0.25, 0.3) is 10.0 Å². The second-order valence-electron chi connectivity index (χ2n) is 6.66. The molecular formula is C23H23ClN2O4S. The molecule has 162 valence electrons. The van der Waals surface area contributed by atoms with Gasteiger partial charge in [0.05, 0.1) is 17.2 Å². The van der Waals surface area contributed by atoms with E-state index in [0.717, 1.165) is 9.87 Å². The minimum atomic E-state index is -3.97. The van der Waals surface area contributed by atoms with E-state index in [1.54, 1.807) is 30.3 Å². The molecule has 0 fully saturated rings. The van der Waals surface area contributed by atoms with Crippen molar-refractivity contribution >= 4 is 33.2 Å². The summed E-state index contributed by atoms with van der Waals surface area (Å²) in [5.74, 6) is 0.286. The Morgan fingerprint density at radius 3 is 2.39 bits per heavy atom. The molecule has 1 amide bonds. The van der Waals surface area contributed by atoms with E-state index in [4.69, 9.17) is 16.3 Å². The molecule has 8 heteroatoms. The fourth-order valence-corrected chi connectivity index (χ4v) is 4.49. The maximum atomic E-state index is 13.3. The first-order chi connectivity index (χ1) is 14.9. The van der Waals surface area contributed by atoms with E-state index in [-0.39, 0.29) is 18.0 Å². The van der Waals surface area contributed by atoms with Crippen molar-refractivity contribution in [2.75, 3.05) is 17.5 Å². The Balaban J connectivity index is 1.78. The lowest BCUT2D eigenvalue weighted by atomic mass is 10.2. The second-order valence-corrected chi connectivity index (χ2v) is 8.96. The number of benzene rings is 3. The van der Waals surface area contributed by atoms with Crippen LogP contribution in [0.15, 0.2) is 83.8 Å². The van der Waals surface area contributed by atoms with Crippen molar-refractivity contribution < 1.29 is 17.9 Å². The van der Waals surface area contributed by atoms with Crippen LogP contribution < -0.4 is 14.4 Å². The smallest absolute Gasteiger partial charge is 0.264 e. The third-order valence-corrected chi connectivity index (χ3v) is 6.47. The van der Waals surface area contributed by atoms with E-state index in [2.05, 4.69) is 5.32 Å². The zero-order chi connectivity index (χ0) is 22.3. The van der Waals surface area contributed by atoms with Gasteiger partial charge in [0.2, 0.25) is 5.91 Å². The van der Waals surface area contributed by atoms with Crippen LogP contribution in [0.4, 0.5) is 5.69 Å². The van der Waals surface area contributed by atoms with Crippen molar-refractivity contribution in [1.29, 1.82) is 0 Å². The lowest BCUT2D eigenvalue weighted by Crippen LogP contribution is -2.40. The third kappa shape index (κ3) is 5.99. The summed E-state index contributed by atoms with van der Waals surface area (Å²) in [6.07, 6.45) is 0. The molecule has 0 radical (unpaired) electrons. The second kappa shape index (κ2) is 10.3. The van der Waals surface area contributed by atoms with E-state index in [0.29, 0.717) is 23.1 Å². The monoisotopic (exact) mass is 458 g/mol. The topological polar surface area (TPSA) is 75.7 Å². The van der Waals surface area contributed by atoms with Crippen molar-refractivity contribution in [3.8, 4) is 5.75 Å². The van der Waals surface area contributed by atoms with Gasteiger partial charge >= 0.3 is 0 Å². The van der Waals surface area contributed by atoms with Gasteiger partial charge in [0, 0.05) is 11.6 Å². The van der Waals surface area contributed by atoms with Crippen LogP contribution in [-0.4, -0.2) is 27.5 Å². The highest BCUT2D eigenvalue weighted by atomic mass is 35.5. The predicted molar refractivity (Wildman–Crippen MR) is 122 cm³/mol. The zero-order valence-electron chi connectivity index (χ0n) is 17.0. The molecular weight excluding hydrogens is 436 g/mol. The third-order valence-electron chi connectivity index (χ3n) is 4.43. The number of carbonyl (C=O) groups excluding carboxylic acids is 1. The van der Waals surface area contributed by atoms with E-state index < -0.39 is 15.9 Å². The van der Waals surface area contributed by atoms with Crippen LogP contribution in [0.2, 0.25) is 5.02 Å². The molecule has 0 aliphatic carbocycles. The molecule has 6 nitrogen and oxygen atoms in total. The van der Waals surface area contributed by atoms with Gasteiger partial charge in [-0.2, -0.15) is 0 Å². The molecule has 0 aliphatic heterocycles. The van der Waals surface area contributed by atoms with Crippen molar-refractivity contribution in [3.05, 3.63) is 89.4 Å². The Hall–Kier alpha value is -3.03. The van der Waals surface area contributed by atoms with Gasteiger partial charge in [-0.1, -0.05) is 41.9 Å². The number of nitrogens with one attached hydrogen (secondary N) is 1. The van der Waals surface area contributed by atoms with Gasteiger partial charge in [0.15, 0.2) is 0 Å². The quantitative estimate of drug-likeness (QED) is 0.520. The van der Waals surface area contributed by atoms with Crippen LogP contribution in [0.3, 0.4) is 0 Å². The number of ether oxygens (including phenoxy) is 1. The summed E-state index contributed by atoms with van der Waals surface area (Å²) in [5, 5.41) is 3.21. The summed E-state index contributed by atoms with van der Waals surface area (Å²) >= 11 is 5.89. The molecule has 0 unspecified atom stereocenters. The van der Waals surface area contributed by atoms with Gasteiger partial charge in [-0.3, -0.25) is 9.10 Å². The molecule has 3 aromatic rings. The highest BCUT2D eigenvalue weighted by molar-refractivity contribution is 7.92. The Morgan fingerprint density at radius 1 is 1.00 bits per heavy atom. The van der Waals surface area contributed by atoms with Crippen LogP contribution >= 0.6 is 11.6 Å². The number of halogens is 1. The van der Waals surface area contributed by atoms with Crippen LogP contribution in [0.5, 0.6) is 5.75 Å².